The van der Waals surface area contributed by atoms with E-state index in [9.17, 15) is 14.4 Å². The van der Waals surface area contributed by atoms with Gasteiger partial charge in [0.1, 0.15) is 6.42 Å². The first-order valence-electron chi connectivity index (χ1n) is 6.43. The standard InChI is InChI=1S/C14H16N2O4/c17-12(7-13(18)19)15-8-9-1-5-11(6-2-9)16-14(20)10-3-4-10/h1-2,5-6,10H,3-4,7-8H2,(H,15,17)(H,16,20)(H,18,19). The molecule has 1 aromatic rings. The van der Waals surface area contributed by atoms with E-state index in [2.05, 4.69) is 10.6 Å². The predicted molar refractivity (Wildman–Crippen MR) is 71.9 cm³/mol. The van der Waals surface area contributed by atoms with Crippen molar-refractivity contribution in [2.24, 2.45) is 5.92 Å². The summed E-state index contributed by atoms with van der Waals surface area (Å²) in [5, 5.41) is 13.8. The molecule has 2 rings (SSSR count). The quantitative estimate of drug-likeness (QED) is 0.679. The molecule has 0 heterocycles. The Morgan fingerprint density at radius 1 is 1.15 bits per heavy atom. The number of benzene rings is 1. The van der Waals surface area contributed by atoms with Crippen LogP contribution in [0.25, 0.3) is 0 Å². The smallest absolute Gasteiger partial charge is 0.312 e. The Kier molecular flexibility index (Phi) is 4.34. The van der Waals surface area contributed by atoms with Crippen LogP contribution in [0.15, 0.2) is 24.3 Å². The number of amides is 2. The highest BCUT2D eigenvalue weighted by Crippen LogP contribution is 2.30. The zero-order chi connectivity index (χ0) is 14.5. The average Bonchev–Trinajstić information content (AvgIpc) is 3.21. The van der Waals surface area contributed by atoms with Gasteiger partial charge in [0, 0.05) is 18.2 Å². The molecule has 1 aliphatic carbocycles. The second-order valence-corrected chi connectivity index (χ2v) is 4.81. The highest BCUT2D eigenvalue weighted by molar-refractivity contribution is 5.94. The first kappa shape index (κ1) is 14.0. The van der Waals surface area contributed by atoms with Crippen LogP contribution in [0.1, 0.15) is 24.8 Å². The lowest BCUT2D eigenvalue weighted by atomic mass is 10.2. The number of nitrogens with one attached hydrogen (secondary N) is 2. The van der Waals surface area contributed by atoms with Crippen LogP contribution in [0.3, 0.4) is 0 Å². The number of hydrogen-bond acceptors (Lipinski definition) is 3. The van der Waals surface area contributed by atoms with Crippen molar-refractivity contribution in [3.63, 3.8) is 0 Å². The number of carbonyl (C=O) groups is 3. The maximum atomic E-state index is 11.6. The monoisotopic (exact) mass is 276 g/mol. The number of hydrogen-bond donors (Lipinski definition) is 3. The molecule has 3 N–H and O–H groups in total. The summed E-state index contributed by atoms with van der Waals surface area (Å²) in [7, 11) is 0. The fourth-order valence-electron chi connectivity index (χ4n) is 1.70. The van der Waals surface area contributed by atoms with Crippen molar-refractivity contribution in [1.29, 1.82) is 0 Å². The SMILES string of the molecule is O=C(O)CC(=O)NCc1ccc(NC(=O)C2CC2)cc1. The van der Waals surface area contributed by atoms with Crippen LogP contribution in [0, 0.1) is 5.92 Å². The van der Waals surface area contributed by atoms with E-state index in [-0.39, 0.29) is 18.4 Å². The molecule has 0 unspecified atom stereocenters. The summed E-state index contributed by atoms with van der Waals surface area (Å²) in [6.07, 6.45) is 1.38. The molecule has 6 nitrogen and oxygen atoms in total. The molecular formula is C14H16N2O4. The van der Waals surface area contributed by atoms with Gasteiger partial charge in [-0.2, -0.15) is 0 Å². The van der Waals surface area contributed by atoms with Gasteiger partial charge >= 0.3 is 5.97 Å². The van der Waals surface area contributed by atoms with Gasteiger partial charge < -0.3 is 15.7 Å². The third-order valence-electron chi connectivity index (χ3n) is 2.97. The van der Waals surface area contributed by atoms with E-state index >= 15 is 0 Å². The lowest BCUT2D eigenvalue weighted by Gasteiger charge is -2.07. The van der Waals surface area contributed by atoms with E-state index in [0.29, 0.717) is 0 Å². The average molecular weight is 276 g/mol. The first-order chi connectivity index (χ1) is 9.54. The summed E-state index contributed by atoms with van der Waals surface area (Å²) in [4.78, 5) is 33.1. The van der Waals surface area contributed by atoms with Crippen LogP contribution in [0.4, 0.5) is 5.69 Å². The van der Waals surface area contributed by atoms with Gasteiger partial charge in [0.2, 0.25) is 11.8 Å². The molecule has 1 saturated carbocycles. The molecule has 0 atom stereocenters. The van der Waals surface area contributed by atoms with Crippen LogP contribution in [-0.2, 0) is 20.9 Å². The molecule has 2 amide bonds. The number of aliphatic carboxylic acids is 1. The molecule has 0 aliphatic heterocycles. The van der Waals surface area contributed by atoms with Crippen molar-refractivity contribution in [2.75, 3.05) is 5.32 Å². The number of rotatable bonds is 6. The van der Waals surface area contributed by atoms with Crippen molar-refractivity contribution >= 4 is 23.5 Å². The van der Waals surface area contributed by atoms with E-state index in [1.54, 1.807) is 24.3 Å². The number of carboxylic acids is 1. The minimum Gasteiger partial charge on any atom is -0.481 e. The van der Waals surface area contributed by atoms with E-state index in [1.807, 2.05) is 0 Å². The molecule has 6 heteroatoms. The topological polar surface area (TPSA) is 95.5 Å². The van der Waals surface area contributed by atoms with E-state index in [4.69, 9.17) is 5.11 Å². The van der Waals surface area contributed by atoms with Crippen LogP contribution in [-0.4, -0.2) is 22.9 Å². The Bertz CT molecular complexity index is 520. The molecule has 106 valence electrons. The number of carboxylic acid groups (broad SMARTS) is 1. The molecule has 1 aromatic carbocycles. The van der Waals surface area contributed by atoms with Gasteiger partial charge in [-0.1, -0.05) is 12.1 Å². The second kappa shape index (κ2) is 6.18. The second-order valence-electron chi connectivity index (χ2n) is 4.81. The Balaban J connectivity index is 1.80. The largest absolute Gasteiger partial charge is 0.481 e. The maximum absolute atomic E-state index is 11.6. The fraction of sp³-hybridized carbons (Fsp3) is 0.357. The lowest BCUT2D eigenvalue weighted by molar-refractivity contribution is -0.140. The zero-order valence-corrected chi connectivity index (χ0v) is 10.9. The molecular weight excluding hydrogens is 260 g/mol. The highest BCUT2D eigenvalue weighted by Gasteiger charge is 2.29. The van der Waals surface area contributed by atoms with Gasteiger partial charge in [-0.15, -0.1) is 0 Å². The molecule has 1 aliphatic rings. The fourth-order valence-corrected chi connectivity index (χ4v) is 1.70. The predicted octanol–water partition coefficient (Wildman–Crippen LogP) is 1.13. The van der Waals surface area contributed by atoms with Crippen molar-refractivity contribution in [1.82, 2.24) is 5.32 Å². The van der Waals surface area contributed by atoms with Crippen LogP contribution in [0.2, 0.25) is 0 Å². The zero-order valence-electron chi connectivity index (χ0n) is 10.9. The third-order valence-corrected chi connectivity index (χ3v) is 2.97. The molecule has 0 spiro atoms. The molecule has 0 bridgehead atoms. The lowest BCUT2D eigenvalue weighted by Crippen LogP contribution is -2.25. The van der Waals surface area contributed by atoms with Crippen molar-refractivity contribution < 1.29 is 19.5 Å². The Labute approximate surface area is 116 Å². The summed E-state index contributed by atoms with van der Waals surface area (Å²) in [6.45, 7) is 0.267. The van der Waals surface area contributed by atoms with Gasteiger partial charge in [0.15, 0.2) is 0 Å². The van der Waals surface area contributed by atoms with Gasteiger partial charge in [-0.3, -0.25) is 14.4 Å². The Morgan fingerprint density at radius 3 is 2.35 bits per heavy atom. The van der Waals surface area contributed by atoms with Crippen LogP contribution in [0.5, 0.6) is 0 Å². The summed E-state index contributed by atoms with van der Waals surface area (Å²) < 4.78 is 0. The van der Waals surface area contributed by atoms with Crippen LogP contribution >= 0.6 is 0 Å². The number of carbonyl (C=O) groups excluding carboxylic acids is 2. The van der Waals surface area contributed by atoms with E-state index in [1.165, 1.54) is 0 Å². The van der Waals surface area contributed by atoms with Crippen molar-refractivity contribution in [3.05, 3.63) is 29.8 Å². The highest BCUT2D eigenvalue weighted by atomic mass is 16.4. The van der Waals surface area contributed by atoms with Crippen LogP contribution < -0.4 is 10.6 Å². The minimum absolute atomic E-state index is 0.0486. The van der Waals surface area contributed by atoms with Crippen molar-refractivity contribution in [2.45, 2.75) is 25.8 Å². The molecule has 1 fully saturated rings. The summed E-state index contributed by atoms with van der Waals surface area (Å²) in [5.41, 5.74) is 1.57. The molecule has 0 saturated heterocycles. The van der Waals surface area contributed by atoms with Crippen molar-refractivity contribution in [3.8, 4) is 0 Å². The Morgan fingerprint density at radius 2 is 1.80 bits per heavy atom. The first-order valence-corrected chi connectivity index (χ1v) is 6.43. The van der Waals surface area contributed by atoms with E-state index in [0.717, 1.165) is 24.1 Å². The van der Waals surface area contributed by atoms with Gasteiger partial charge in [-0.25, -0.2) is 0 Å². The summed E-state index contributed by atoms with van der Waals surface area (Å²) in [5.74, 6) is -1.47. The van der Waals surface area contributed by atoms with Gasteiger partial charge in [-0.05, 0) is 30.5 Å². The van der Waals surface area contributed by atoms with Gasteiger partial charge in [0.05, 0.1) is 0 Å². The summed E-state index contributed by atoms with van der Waals surface area (Å²) in [6, 6.07) is 7.09. The number of anilines is 1. The Hall–Kier alpha value is -2.37. The maximum Gasteiger partial charge on any atom is 0.312 e. The molecule has 0 aromatic heterocycles. The minimum atomic E-state index is -1.15. The normalized spacial score (nSPS) is 13.6. The third kappa shape index (κ3) is 4.38. The van der Waals surface area contributed by atoms with Gasteiger partial charge in [0.25, 0.3) is 0 Å². The molecule has 20 heavy (non-hydrogen) atoms. The van der Waals surface area contributed by atoms with E-state index < -0.39 is 18.3 Å². The molecule has 0 radical (unpaired) electrons. The summed E-state index contributed by atoms with van der Waals surface area (Å²) >= 11 is 0.